The number of para-hydroxylation sites is 1. The first-order valence-corrected chi connectivity index (χ1v) is 9.46. The van der Waals surface area contributed by atoms with Gasteiger partial charge in [0.15, 0.2) is 0 Å². The second-order valence-corrected chi connectivity index (χ2v) is 6.90. The molecule has 1 N–H and O–H groups in total. The van der Waals surface area contributed by atoms with E-state index in [0.29, 0.717) is 17.5 Å². The number of hydrogen-bond donors (Lipinski definition) is 1. The number of rotatable bonds is 6. The lowest BCUT2D eigenvalue weighted by molar-refractivity contribution is -0.121. The van der Waals surface area contributed by atoms with Crippen molar-refractivity contribution < 1.29 is 14.4 Å². The van der Waals surface area contributed by atoms with Crippen molar-refractivity contribution in [3.05, 3.63) is 65.2 Å². The van der Waals surface area contributed by atoms with Gasteiger partial charge in [-0.3, -0.25) is 19.3 Å². The number of nitrogens with zero attached hydrogens (tertiary/aromatic N) is 2. The molecule has 0 fully saturated rings. The van der Waals surface area contributed by atoms with Crippen molar-refractivity contribution in [2.45, 2.75) is 12.8 Å². The largest absolute Gasteiger partial charge is 0.377 e. The molecule has 6 nitrogen and oxygen atoms in total. The van der Waals surface area contributed by atoms with E-state index in [1.165, 1.54) is 4.90 Å². The summed E-state index contributed by atoms with van der Waals surface area (Å²) in [6.07, 6.45) is 0.636. The van der Waals surface area contributed by atoms with Crippen LogP contribution in [0, 0.1) is 11.8 Å². The summed E-state index contributed by atoms with van der Waals surface area (Å²) >= 11 is 0. The Morgan fingerprint density at radius 1 is 1.00 bits per heavy atom. The normalized spacial score (nSPS) is 12.3. The fourth-order valence-corrected chi connectivity index (χ4v) is 3.18. The summed E-state index contributed by atoms with van der Waals surface area (Å²) in [5.41, 5.74) is 2.77. The van der Waals surface area contributed by atoms with Crippen molar-refractivity contribution in [3.63, 3.8) is 0 Å². The zero-order valence-electron chi connectivity index (χ0n) is 16.6. The van der Waals surface area contributed by atoms with Crippen molar-refractivity contribution in [1.29, 1.82) is 0 Å². The van der Waals surface area contributed by atoms with Crippen molar-refractivity contribution in [2.75, 3.05) is 32.1 Å². The molecular formula is C23H23N3O3. The summed E-state index contributed by atoms with van der Waals surface area (Å²) in [6.45, 7) is 0.468. The third-order valence-electron chi connectivity index (χ3n) is 4.65. The Kier molecular flexibility index (Phi) is 6.30. The van der Waals surface area contributed by atoms with Crippen LogP contribution < -0.4 is 10.2 Å². The highest BCUT2D eigenvalue weighted by atomic mass is 16.2. The maximum Gasteiger partial charge on any atom is 0.261 e. The van der Waals surface area contributed by atoms with E-state index in [-0.39, 0.29) is 37.2 Å². The van der Waals surface area contributed by atoms with Crippen LogP contribution in [0.3, 0.4) is 0 Å². The van der Waals surface area contributed by atoms with Crippen molar-refractivity contribution in [1.82, 2.24) is 10.2 Å². The molecule has 148 valence electrons. The molecule has 0 atom stereocenters. The van der Waals surface area contributed by atoms with Crippen LogP contribution in [0.2, 0.25) is 0 Å². The molecule has 1 heterocycles. The summed E-state index contributed by atoms with van der Waals surface area (Å²) in [4.78, 5) is 39.8. The molecule has 0 bridgehead atoms. The summed E-state index contributed by atoms with van der Waals surface area (Å²) in [5.74, 6) is 5.28. The lowest BCUT2D eigenvalue weighted by atomic mass is 10.1. The number of hydrogen-bond acceptors (Lipinski definition) is 4. The molecule has 29 heavy (non-hydrogen) atoms. The number of anilines is 1. The van der Waals surface area contributed by atoms with Crippen LogP contribution in [0.4, 0.5) is 5.69 Å². The van der Waals surface area contributed by atoms with E-state index in [1.54, 1.807) is 24.3 Å². The standard InChI is InChI=1S/C23H23N3O3/c1-25(2)20-13-6-3-9-17(20)10-7-15-24-21(27)14-8-16-26-22(28)18-11-4-5-12-19(18)23(26)29/h3-6,9,11-13H,8,14-16H2,1-2H3,(H,24,27). The van der Waals surface area contributed by atoms with E-state index in [4.69, 9.17) is 0 Å². The van der Waals surface area contributed by atoms with Gasteiger partial charge in [0.1, 0.15) is 0 Å². The molecule has 0 unspecified atom stereocenters. The van der Waals surface area contributed by atoms with Crippen molar-refractivity contribution in [3.8, 4) is 11.8 Å². The van der Waals surface area contributed by atoms with Gasteiger partial charge >= 0.3 is 0 Å². The molecule has 2 aromatic carbocycles. The highest BCUT2D eigenvalue weighted by Crippen LogP contribution is 2.22. The van der Waals surface area contributed by atoms with Gasteiger partial charge in [0, 0.05) is 32.6 Å². The Balaban J connectivity index is 1.44. The second kappa shape index (κ2) is 9.07. The van der Waals surface area contributed by atoms with E-state index in [0.717, 1.165) is 11.3 Å². The number of imide groups is 1. The number of carbonyl (C=O) groups excluding carboxylic acids is 3. The smallest absolute Gasteiger partial charge is 0.261 e. The maximum absolute atomic E-state index is 12.3. The molecule has 0 radical (unpaired) electrons. The first-order chi connectivity index (χ1) is 14.0. The zero-order valence-corrected chi connectivity index (χ0v) is 16.6. The number of benzene rings is 2. The van der Waals surface area contributed by atoms with E-state index in [1.807, 2.05) is 43.3 Å². The Hall–Kier alpha value is -3.59. The molecule has 0 spiro atoms. The number of fused-ring (bicyclic) bond motifs is 1. The maximum atomic E-state index is 12.3. The number of carbonyl (C=O) groups is 3. The van der Waals surface area contributed by atoms with Gasteiger partial charge in [0.2, 0.25) is 5.91 Å². The van der Waals surface area contributed by atoms with Crippen molar-refractivity contribution in [2.24, 2.45) is 0 Å². The zero-order chi connectivity index (χ0) is 20.8. The van der Waals surface area contributed by atoms with Crippen LogP contribution >= 0.6 is 0 Å². The van der Waals surface area contributed by atoms with Gasteiger partial charge in [-0.05, 0) is 30.7 Å². The van der Waals surface area contributed by atoms with Crippen LogP contribution in [0.5, 0.6) is 0 Å². The summed E-state index contributed by atoms with van der Waals surface area (Å²) in [6, 6.07) is 14.6. The average Bonchev–Trinajstić information content (AvgIpc) is 2.96. The quantitative estimate of drug-likeness (QED) is 0.608. The molecule has 3 rings (SSSR count). The Morgan fingerprint density at radius 3 is 2.28 bits per heavy atom. The van der Waals surface area contributed by atoms with Gasteiger partial charge in [-0.1, -0.05) is 36.1 Å². The average molecular weight is 389 g/mol. The molecule has 1 aliphatic rings. The van der Waals surface area contributed by atoms with E-state index in [2.05, 4.69) is 17.2 Å². The summed E-state index contributed by atoms with van der Waals surface area (Å²) in [5, 5.41) is 2.75. The molecule has 0 saturated heterocycles. The summed E-state index contributed by atoms with van der Waals surface area (Å²) < 4.78 is 0. The number of nitrogens with one attached hydrogen (secondary N) is 1. The minimum atomic E-state index is -0.295. The molecule has 0 saturated carbocycles. The van der Waals surface area contributed by atoms with Gasteiger partial charge < -0.3 is 10.2 Å². The topological polar surface area (TPSA) is 69.7 Å². The molecule has 0 aliphatic carbocycles. The fourth-order valence-electron chi connectivity index (χ4n) is 3.18. The highest BCUT2D eigenvalue weighted by molar-refractivity contribution is 6.21. The van der Waals surface area contributed by atoms with Crippen molar-refractivity contribution >= 4 is 23.4 Å². The predicted octanol–water partition coefficient (Wildman–Crippen LogP) is 2.30. The van der Waals surface area contributed by atoms with Crippen LogP contribution in [0.15, 0.2) is 48.5 Å². The summed E-state index contributed by atoms with van der Waals surface area (Å²) in [7, 11) is 3.91. The van der Waals surface area contributed by atoms with E-state index in [9.17, 15) is 14.4 Å². The van der Waals surface area contributed by atoms with Crippen LogP contribution in [0.25, 0.3) is 0 Å². The number of amides is 3. The fraction of sp³-hybridized carbons (Fsp3) is 0.261. The molecule has 3 amide bonds. The molecular weight excluding hydrogens is 366 g/mol. The minimum absolute atomic E-state index is 0.156. The lowest BCUT2D eigenvalue weighted by Gasteiger charge is -2.14. The first-order valence-electron chi connectivity index (χ1n) is 9.46. The third-order valence-corrected chi connectivity index (χ3v) is 4.65. The predicted molar refractivity (Wildman–Crippen MR) is 112 cm³/mol. The molecule has 1 aliphatic heterocycles. The van der Waals surface area contributed by atoms with Gasteiger partial charge in [-0.2, -0.15) is 0 Å². The second-order valence-electron chi connectivity index (χ2n) is 6.90. The van der Waals surface area contributed by atoms with Crippen LogP contribution in [-0.4, -0.2) is 49.8 Å². The van der Waals surface area contributed by atoms with E-state index >= 15 is 0 Å². The molecule has 2 aromatic rings. The van der Waals surface area contributed by atoms with Crippen LogP contribution in [0.1, 0.15) is 39.1 Å². The van der Waals surface area contributed by atoms with E-state index < -0.39 is 0 Å². The highest BCUT2D eigenvalue weighted by Gasteiger charge is 2.34. The monoisotopic (exact) mass is 389 g/mol. The van der Waals surface area contributed by atoms with Gasteiger partial charge in [0.05, 0.1) is 23.4 Å². The first kappa shape index (κ1) is 20.2. The van der Waals surface area contributed by atoms with Crippen LogP contribution in [-0.2, 0) is 4.79 Å². The Morgan fingerprint density at radius 2 is 1.62 bits per heavy atom. The third kappa shape index (κ3) is 4.64. The van der Waals surface area contributed by atoms with Gasteiger partial charge in [-0.15, -0.1) is 0 Å². The van der Waals surface area contributed by atoms with Gasteiger partial charge in [0.25, 0.3) is 11.8 Å². The Labute approximate surface area is 170 Å². The molecule has 6 heteroatoms. The SMILES string of the molecule is CN(C)c1ccccc1C#CCNC(=O)CCCN1C(=O)c2ccccc2C1=O. The Bertz CT molecular complexity index is 967. The van der Waals surface area contributed by atoms with Gasteiger partial charge in [-0.25, -0.2) is 0 Å². The molecule has 0 aromatic heterocycles. The minimum Gasteiger partial charge on any atom is -0.377 e. The lowest BCUT2D eigenvalue weighted by Crippen LogP contribution is -2.32.